The molecule has 0 saturated heterocycles. The van der Waals surface area contributed by atoms with Gasteiger partial charge in [0.05, 0.1) is 45.9 Å². The van der Waals surface area contributed by atoms with Crippen molar-refractivity contribution in [1.82, 2.24) is 14.8 Å². The van der Waals surface area contributed by atoms with Crippen molar-refractivity contribution in [3.63, 3.8) is 0 Å². The summed E-state index contributed by atoms with van der Waals surface area (Å²) in [6.45, 7) is 5.90. The number of nitrogens with zero attached hydrogens (tertiary/aromatic N) is 4. The van der Waals surface area contributed by atoms with Gasteiger partial charge in [-0.2, -0.15) is 10.4 Å². The number of hydrogen-bond donors (Lipinski definition) is 2. The molecule has 2 heterocycles. The van der Waals surface area contributed by atoms with Crippen LogP contribution in [0.1, 0.15) is 43.9 Å². The number of rotatable bonds is 6. The van der Waals surface area contributed by atoms with Crippen molar-refractivity contribution < 1.29 is 13.9 Å². The maximum absolute atomic E-state index is 14.3. The molecule has 6 rings (SSSR count). The average molecular weight is 575 g/mol. The first-order valence-corrected chi connectivity index (χ1v) is 14.0. The summed E-state index contributed by atoms with van der Waals surface area (Å²) in [6, 6.07) is 27.0. The number of hydrogen-bond acceptors (Lipinski definition) is 7. The number of nitrogens with two attached hydrogens (primary N) is 1. The Hall–Kier alpha value is -5.36. The highest BCUT2D eigenvalue weighted by atomic mass is 19.1. The smallest absolute Gasteiger partial charge is 0.227 e. The lowest BCUT2D eigenvalue weighted by Gasteiger charge is -2.43. The predicted molar refractivity (Wildman–Crippen MR) is 161 cm³/mol. The number of hydrazine groups is 1. The van der Waals surface area contributed by atoms with Crippen molar-refractivity contribution in [1.29, 1.82) is 5.26 Å². The van der Waals surface area contributed by atoms with Crippen LogP contribution in [0, 0.1) is 29.5 Å². The number of nitriles is 1. The summed E-state index contributed by atoms with van der Waals surface area (Å²) in [5, 5.41) is 17.1. The number of nitrogens with one attached hydrogen (secondary N) is 1. The van der Waals surface area contributed by atoms with E-state index >= 15 is 0 Å². The van der Waals surface area contributed by atoms with Gasteiger partial charge in [0.2, 0.25) is 5.88 Å². The molecule has 3 N–H and O–H groups in total. The van der Waals surface area contributed by atoms with Gasteiger partial charge in [0.15, 0.2) is 5.78 Å². The van der Waals surface area contributed by atoms with Crippen LogP contribution in [0.3, 0.4) is 0 Å². The molecular formula is C34H31FN6O2. The van der Waals surface area contributed by atoms with Gasteiger partial charge >= 0.3 is 0 Å². The molecule has 0 radical (unpaired) electrons. The molecule has 0 saturated carbocycles. The van der Waals surface area contributed by atoms with Crippen LogP contribution in [0.4, 0.5) is 10.1 Å². The molecule has 0 amide bonds. The van der Waals surface area contributed by atoms with Gasteiger partial charge in [-0.25, -0.2) is 14.1 Å². The van der Waals surface area contributed by atoms with Crippen LogP contribution in [0.15, 0.2) is 108 Å². The Morgan fingerprint density at radius 2 is 1.74 bits per heavy atom. The number of Topliss-reactive ketones (excluding diaryl/α,β-unsaturated/α-hetero) is 1. The Balaban J connectivity index is 1.60. The van der Waals surface area contributed by atoms with Crippen LogP contribution >= 0.6 is 0 Å². The third kappa shape index (κ3) is 5.12. The number of carbonyl (C=O) groups excluding carboxylic acids is 1. The van der Waals surface area contributed by atoms with E-state index < -0.39 is 11.7 Å². The Kier molecular flexibility index (Phi) is 6.98. The van der Waals surface area contributed by atoms with Crippen molar-refractivity contribution in [3.05, 3.63) is 125 Å². The zero-order chi connectivity index (χ0) is 30.3. The highest BCUT2D eigenvalue weighted by Crippen LogP contribution is 2.52. The molecule has 1 aromatic heterocycles. The van der Waals surface area contributed by atoms with Crippen molar-refractivity contribution in [3.8, 4) is 23.4 Å². The summed E-state index contributed by atoms with van der Waals surface area (Å²) in [6.07, 6.45) is 0.835. The lowest BCUT2D eigenvalue weighted by atomic mass is 9.69. The largest absolute Gasteiger partial charge is 0.438 e. The summed E-state index contributed by atoms with van der Waals surface area (Å²) in [5.74, 6) is -0.683. The van der Waals surface area contributed by atoms with Crippen LogP contribution in [0.2, 0.25) is 0 Å². The van der Waals surface area contributed by atoms with E-state index in [-0.39, 0.29) is 34.2 Å². The number of anilines is 1. The quantitative estimate of drug-likeness (QED) is 0.258. The highest BCUT2D eigenvalue weighted by Gasteiger charge is 2.47. The van der Waals surface area contributed by atoms with E-state index in [0.29, 0.717) is 41.1 Å². The summed E-state index contributed by atoms with van der Waals surface area (Å²) in [5.41, 5.74) is 13.7. The van der Waals surface area contributed by atoms with Crippen LogP contribution < -0.4 is 15.9 Å². The summed E-state index contributed by atoms with van der Waals surface area (Å²) < 4.78 is 22.3. The maximum atomic E-state index is 14.3. The molecule has 1 aliphatic heterocycles. The predicted octanol–water partition coefficient (Wildman–Crippen LogP) is 6.88. The Bertz CT molecular complexity index is 1820. The van der Waals surface area contributed by atoms with E-state index in [1.54, 1.807) is 21.8 Å². The first kappa shape index (κ1) is 27.8. The van der Waals surface area contributed by atoms with Gasteiger partial charge in [-0.1, -0.05) is 56.3 Å². The van der Waals surface area contributed by atoms with Gasteiger partial charge in [-0.05, 0) is 55.2 Å². The Morgan fingerprint density at radius 3 is 2.42 bits per heavy atom. The number of allylic oxidation sites excluding steroid dienone is 3. The lowest BCUT2D eigenvalue weighted by molar-refractivity contribution is -0.118. The fraction of sp³-hybridized carbons (Fsp3) is 0.206. The topological polar surface area (TPSA) is 109 Å². The van der Waals surface area contributed by atoms with Gasteiger partial charge in [0.1, 0.15) is 17.4 Å². The van der Waals surface area contributed by atoms with Crippen molar-refractivity contribution in [2.24, 2.45) is 11.1 Å². The standard InChI is InChI=1S/C34H31FN6O2/c1-21-29(33(43-25-16-10-11-22(35)17-25)40(38-21)24-14-8-5-9-15-24)30-26(20-36)32(37)41(39-23-12-6-4-7-13-23)27-18-34(2,3)19-28(42)31(27)30/h4-17,30,39H,18-19,37H2,1-3H3. The molecule has 3 aromatic carbocycles. The maximum Gasteiger partial charge on any atom is 0.227 e. The SMILES string of the molecule is Cc1nn(-c2ccccc2)c(Oc2cccc(F)c2)c1C1C(C#N)=C(N)N(Nc2ccccc2)C2=C1C(=O)CC(C)(C)C2. The van der Waals surface area contributed by atoms with Crippen LogP contribution in [0.25, 0.3) is 5.69 Å². The molecule has 8 nitrogen and oxygen atoms in total. The second-order valence-corrected chi connectivity index (χ2v) is 11.6. The lowest BCUT2D eigenvalue weighted by Crippen LogP contribution is -2.44. The van der Waals surface area contributed by atoms with Gasteiger partial charge in [0, 0.05) is 18.1 Å². The van der Waals surface area contributed by atoms with Gasteiger partial charge in [-0.3, -0.25) is 10.2 Å². The molecule has 1 aliphatic carbocycles. The highest BCUT2D eigenvalue weighted by molar-refractivity contribution is 6.00. The van der Waals surface area contributed by atoms with Gasteiger partial charge in [-0.15, -0.1) is 0 Å². The second-order valence-electron chi connectivity index (χ2n) is 11.6. The molecule has 0 bridgehead atoms. The first-order chi connectivity index (χ1) is 20.7. The molecule has 0 spiro atoms. The summed E-state index contributed by atoms with van der Waals surface area (Å²) in [4.78, 5) is 14.1. The van der Waals surface area contributed by atoms with Crippen molar-refractivity contribution >= 4 is 11.5 Å². The number of benzene rings is 3. The average Bonchev–Trinajstić information content (AvgIpc) is 3.29. The first-order valence-electron chi connectivity index (χ1n) is 14.0. The summed E-state index contributed by atoms with van der Waals surface area (Å²) in [7, 11) is 0. The minimum atomic E-state index is -0.849. The molecule has 216 valence electrons. The molecule has 9 heteroatoms. The Labute approximate surface area is 249 Å². The van der Waals surface area contributed by atoms with E-state index in [1.165, 1.54) is 12.1 Å². The molecular weight excluding hydrogens is 543 g/mol. The van der Waals surface area contributed by atoms with Gasteiger partial charge in [0.25, 0.3) is 0 Å². The molecule has 2 aliphatic rings. The van der Waals surface area contributed by atoms with E-state index in [9.17, 15) is 14.4 Å². The number of ketones is 1. The Morgan fingerprint density at radius 1 is 1.05 bits per heavy atom. The monoisotopic (exact) mass is 574 g/mol. The summed E-state index contributed by atoms with van der Waals surface area (Å²) >= 11 is 0. The van der Waals surface area contributed by atoms with E-state index in [0.717, 1.165) is 5.69 Å². The number of aryl methyl sites for hydroxylation is 1. The number of ether oxygens (including phenoxy) is 1. The zero-order valence-corrected chi connectivity index (χ0v) is 24.1. The van der Waals surface area contributed by atoms with Crippen LogP contribution in [-0.4, -0.2) is 20.6 Å². The van der Waals surface area contributed by atoms with E-state index in [4.69, 9.17) is 15.6 Å². The van der Waals surface area contributed by atoms with Crippen molar-refractivity contribution in [2.75, 3.05) is 5.43 Å². The number of para-hydroxylation sites is 2. The minimum absolute atomic E-state index is 0.0834. The number of carbonyl (C=O) groups is 1. The van der Waals surface area contributed by atoms with Gasteiger partial charge < -0.3 is 10.5 Å². The van der Waals surface area contributed by atoms with E-state index in [2.05, 4.69) is 11.5 Å². The fourth-order valence-corrected chi connectivity index (χ4v) is 5.90. The third-order valence-corrected chi connectivity index (χ3v) is 7.76. The minimum Gasteiger partial charge on any atom is -0.438 e. The molecule has 1 unspecified atom stereocenters. The molecule has 4 aromatic rings. The molecule has 0 fully saturated rings. The number of halogens is 1. The third-order valence-electron chi connectivity index (χ3n) is 7.76. The fourth-order valence-electron chi connectivity index (χ4n) is 5.90. The van der Waals surface area contributed by atoms with Crippen molar-refractivity contribution in [2.45, 2.75) is 39.5 Å². The van der Waals surface area contributed by atoms with Crippen LogP contribution in [0.5, 0.6) is 11.6 Å². The zero-order valence-electron chi connectivity index (χ0n) is 24.1. The number of aromatic nitrogens is 2. The van der Waals surface area contributed by atoms with Crippen LogP contribution in [-0.2, 0) is 4.79 Å². The molecule has 1 atom stereocenters. The second kappa shape index (κ2) is 10.8. The van der Waals surface area contributed by atoms with E-state index in [1.807, 2.05) is 81.4 Å². The normalized spacial score (nSPS) is 17.9. The molecule has 43 heavy (non-hydrogen) atoms.